The number of fused-ring (bicyclic) bond motifs is 5. The summed E-state index contributed by atoms with van der Waals surface area (Å²) in [7, 11) is 0. The average molecular weight is 246 g/mol. The maximum Gasteiger partial charge on any atom is 0.221 e. The predicted molar refractivity (Wildman–Crippen MR) is 78.1 cm³/mol. The predicted octanol–water partition coefficient (Wildman–Crippen LogP) is 3.72. The van der Waals surface area contributed by atoms with Gasteiger partial charge in [-0.15, -0.1) is 0 Å². The van der Waals surface area contributed by atoms with Crippen molar-refractivity contribution in [3.63, 3.8) is 0 Å². The molecule has 0 atom stereocenters. The minimum absolute atomic E-state index is 1.00. The molecule has 1 aromatic heterocycles. The molecular weight excluding hydrogens is 230 g/mol. The Hall–Kier alpha value is -2.15. The fourth-order valence-electron chi connectivity index (χ4n) is 3.10. The molecule has 1 aliphatic heterocycles. The molecule has 0 unspecified atom stereocenters. The summed E-state index contributed by atoms with van der Waals surface area (Å²) in [5.41, 5.74) is 5.65. The third kappa shape index (κ3) is 1.51. The number of benzene rings is 2. The van der Waals surface area contributed by atoms with Gasteiger partial charge in [-0.2, -0.15) is 4.57 Å². The van der Waals surface area contributed by atoms with E-state index in [2.05, 4.69) is 66.2 Å². The van der Waals surface area contributed by atoms with Gasteiger partial charge in [0.25, 0.3) is 0 Å². The van der Waals surface area contributed by atoms with Gasteiger partial charge in [-0.25, -0.2) is 0 Å². The molecule has 0 saturated heterocycles. The van der Waals surface area contributed by atoms with Gasteiger partial charge in [-0.05, 0) is 35.6 Å². The lowest BCUT2D eigenvalue weighted by Gasteiger charge is -2.01. The van der Waals surface area contributed by atoms with Gasteiger partial charge in [0, 0.05) is 11.6 Å². The minimum atomic E-state index is 1.00. The SMILES string of the molecule is CCc1ccc2c(c1)C[n+]1ccc3ccccc3c1-2. The van der Waals surface area contributed by atoms with Crippen LogP contribution in [0, 0.1) is 0 Å². The second-order valence-electron chi connectivity index (χ2n) is 5.22. The van der Waals surface area contributed by atoms with Crippen LogP contribution < -0.4 is 4.57 Å². The van der Waals surface area contributed by atoms with Gasteiger partial charge >= 0.3 is 0 Å². The Kier molecular flexibility index (Phi) is 2.22. The van der Waals surface area contributed by atoms with Crippen molar-refractivity contribution in [2.24, 2.45) is 0 Å². The highest BCUT2D eigenvalue weighted by molar-refractivity contribution is 5.94. The number of rotatable bonds is 1. The Bertz CT molecular complexity index is 787. The van der Waals surface area contributed by atoms with E-state index in [4.69, 9.17) is 0 Å². The quantitative estimate of drug-likeness (QED) is 0.451. The molecule has 1 nitrogen and oxygen atoms in total. The van der Waals surface area contributed by atoms with E-state index in [0.717, 1.165) is 13.0 Å². The summed E-state index contributed by atoms with van der Waals surface area (Å²) < 4.78 is 2.37. The maximum absolute atomic E-state index is 2.37. The summed E-state index contributed by atoms with van der Waals surface area (Å²) in [5, 5.41) is 2.68. The molecular formula is C18H16N+. The fourth-order valence-corrected chi connectivity index (χ4v) is 3.10. The van der Waals surface area contributed by atoms with E-state index >= 15 is 0 Å². The van der Waals surface area contributed by atoms with Gasteiger partial charge in [0.15, 0.2) is 12.7 Å². The third-order valence-electron chi connectivity index (χ3n) is 4.11. The highest BCUT2D eigenvalue weighted by Crippen LogP contribution is 2.32. The first-order valence-corrected chi connectivity index (χ1v) is 6.90. The van der Waals surface area contributed by atoms with Gasteiger partial charge in [0.05, 0.1) is 10.9 Å². The second kappa shape index (κ2) is 3.92. The Labute approximate surface area is 113 Å². The van der Waals surface area contributed by atoms with Gasteiger partial charge in [0.1, 0.15) is 0 Å². The summed E-state index contributed by atoms with van der Waals surface area (Å²) in [6.45, 7) is 3.22. The summed E-state index contributed by atoms with van der Waals surface area (Å²) in [4.78, 5) is 0. The Morgan fingerprint density at radius 3 is 2.84 bits per heavy atom. The van der Waals surface area contributed by atoms with Crippen LogP contribution >= 0.6 is 0 Å². The van der Waals surface area contributed by atoms with Crippen LogP contribution in [0.25, 0.3) is 22.0 Å². The van der Waals surface area contributed by atoms with Crippen LogP contribution in [0.3, 0.4) is 0 Å². The number of nitrogens with zero attached hydrogens (tertiary/aromatic N) is 1. The molecule has 19 heavy (non-hydrogen) atoms. The first-order chi connectivity index (χ1) is 9.36. The fraction of sp³-hybridized carbons (Fsp3) is 0.167. The molecule has 0 saturated carbocycles. The Balaban J connectivity index is 2.04. The van der Waals surface area contributed by atoms with Crippen LogP contribution in [0.1, 0.15) is 18.1 Å². The van der Waals surface area contributed by atoms with Crippen molar-refractivity contribution in [2.45, 2.75) is 19.9 Å². The second-order valence-corrected chi connectivity index (χ2v) is 5.22. The molecule has 2 heterocycles. The zero-order valence-corrected chi connectivity index (χ0v) is 11.1. The molecule has 0 amide bonds. The van der Waals surface area contributed by atoms with Crippen LogP contribution in [0.2, 0.25) is 0 Å². The lowest BCUT2D eigenvalue weighted by atomic mass is 10.00. The summed E-state index contributed by atoms with van der Waals surface area (Å²) >= 11 is 0. The standard InChI is InChI=1S/C18H16N/c1-2-13-7-8-17-15(11-13)12-19-10-9-14-5-3-4-6-16(14)18(17)19/h3-11H,2,12H2,1H3/q+1. The number of hydrogen-bond donors (Lipinski definition) is 0. The molecule has 0 N–H and O–H groups in total. The smallest absolute Gasteiger partial charge is 0.193 e. The molecule has 1 heteroatoms. The number of pyridine rings is 1. The van der Waals surface area contributed by atoms with E-state index in [-0.39, 0.29) is 0 Å². The van der Waals surface area contributed by atoms with E-state index in [1.807, 2.05) is 0 Å². The van der Waals surface area contributed by atoms with Crippen molar-refractivity contribution in [3.8, 4) is 11.3 Å². The zero-order valence-electron chi connectivity index (χ0n) is 11.1. The number of aromatic nitrogens is 1. The first-order valence-electron chi connectivity index (χ1n) is 6.90. The first kappa shape index (κ1) is 10.7. The number of aryl methyl sites for hydroxylation is 1. The van der Waals surface area contributed by atoms with Crippen LogP contribution in [0.15, 0.2) is 54.7 Å². The largest absolute Gasteiger partial charge is 0.221 e. The molecule has 0 aliphatic carbocycles. The molecule has 0 spiro atoms. The Morgan fingerprint density at radius 2 is 1.95 bits per heavy atom. The number of hydrogen-bond acceptors (Lipinski definition) is 0. The van der Waals surface area contributed by atoms with Crippen molar-refractivity contribution < 1.29 is 4.57 Å². The van der Waals surface area contributed by atoms with Crippen molar-refractivity contribution in [1.82, 2.24) is 0 Å². The third-order valence-corrected chi connectivity index (χ3v) is 4.11. The normalized spacial score (nSPS) is 12.5. The van der Waals surface area contributed by atoms with Gasteiger partial charge in [-0.3, -0.25) is 0 Å². The van der Waals surface area contributed by atoms with Crippen LogP contribution in [0.4, 0.5) is 0 Å². The summed E-state index contributed by atoms with van der Waals surface area (Å²) in [6.07, 6.45) is 3.32. The van der Waals surface area contributed by atoms with Gasteiger partial charge in [-0.1, -0.05) is 31.2 Å². The summed E-state index contributed by atoms with van der Waals surface area (Å²) in [5.74, 6) is 0. The summed E-state index contributed by atoms with van der Waals surface area (Å²) in [6, 6.07) is 17.8. The van der Waals surface area contributed by atoms with E-state index < -0.39 is 0 Å². The molecule has 1 aliphatic rings. The molecule has 2 aromatic carbocycles. The highest BCUT2D eigenvalue weighted by atomic mass is 15.0. The van der Waals surface area contributed by atoms with Crippen molar-refractivity contribution >= 4 is 10.8 Å². The molecule has 0 radical (unpaired) electrons. The Morgan fingerprint density at radius 1 is 1.05 bits per heavy atom. The van der Waals surface area contributed by atoms with Crippen molar-refractivity contribution in [2.75, 3.05) is 0 Å². The van der Waals surface area contributed by atoms with E-state index in [1.54, 1.807) is 0 Å². The lowest BCUT2D eigenvalue weighted by molar-refractivity contribution is -0.671. The topological polar surface area (TPSA) is 3.88 Å². The zero-order chi connectivity index (χ0) is 12.8. The van der Waals surface area contributed by atoms with Crippen LogP contribution in [-0.2, 0) is 13.0 Å². The lowest BCUT2D eigenvalue weighted by Crippen LogP contribution is -2.31. The monoisotopic (exact) mass is 246 g/mol. The van der Waals surface area contributed by atoms with Gasteiger partial charge in [0.2, 0.25) is 5.69 Å². The molecule has 92 valence electrons. The van der Waals surface area contributed by atoms with Crippen molar-refractivity contribution in [1.29, 1.82) is 0 Å². The van der Waals surface area contributed by atoms with Crippen LogP contribution in [-0.4, -0.2) is 0 Å². The average Bonchev–Trinajstić information content (AvgIpc) is 2.84. The molecule has 0 fully saturated rings. The minimum Gasteiger partial charge on any atom is -0.193 e. The van der Waals surface area contributed by atoms with Crippen molar-refractivity contribution in [3.05, 3.63) is 65.9 Å². The molecule has 3 aromatic rings. The van der Waals surface area contributed by atoms with E-state index in [0.29, 0.717) is 0 Å². The maximum atomic E-state index is 2.37. The highest BCUT2D eigenvalue weighted by Gasteiger charge is 2.27. The van der Waals surface area contributed by atoms with Crippen LogP contribution in [0.5, 0.6) is 0 Å². The van der Waals surface area contributed by atoms with E-state index in [1.165, 1.54) is 33.2 Å². The van der Waals surface area contributed by atoms with E-state index in [9.17, 15) is 0 Å². The molecule has 0 bridgehead atoms. The molecule has 4 rings (SSSR count). The van der Waals surface area contributed by atoms with Gasteiger partial charge < -0.3 is 0 Å².